The van der Waals surface area contributed by atoms with Gasteiger partial charge in [-0.25, -0.2) is 0 Å². The van der Waals surface area contributed by atoms with Crippen LogP contribution in [0.2, 0.25) is 5.02 Å². The average molecular weight is 703 g/mol. The molecule has 0 unspecified atom stereocenters. The molecule has 0 saturated heterocycles. The number of allylic oxidation sites excluding steroid dienone is 7. The van der Waals surface area contributed by atoms with Crippen molar-refractivity contribution in [3.63, 3.8) is 0 Å². The van der Waals surface area contributed by atoms with Crippen LogP contribution < -0.4 is 5.32 Å². The number of halogens is 1. The van der Waals surface area contributed by atoms with Gasteiger partial charge in [-0.15, -0.1) is 0 Å². The van der Waals surface area contributed by atoms with Crippen LogP contribution in [0.4, 0.5) is 0 Å². The first kappa shape index (κ1) is 42.0. The summed E-state index contributed by atoms with van der Waals surface area (Å²) in [7, 11) is 0. The SMILES string of the molecule is C=Cc1cccc(CC/C(C)=C/N(C=C)CCN/C=C(/C#C/C(C)=C(C)/C(C(=C)c2ccc(Cl)cc2)=C(\C)N(C(C)=N)C(=N)CC)C=N)c1CC. The molecule has 6 nitrogen and oxygen atoms in total. The summed E-state index contributed by atoms with van der Waals surface area (Å²) >= 11 is 6.17. The van der Waals surface area contributed by atoms with Crippen LogP contribution >= 0.6 is 11.6 Å². The lowest BCUT2D eigenvalue weighted by Gasteiger charge is -2.28. The lowest BCUT2D eigenvalue weighted by atomic mass is 9.89. The molecular weight excluding hydrogens is 648 g/mol. The van der Waals surface area contributed by atoms with Gasteiger partial charge in [-0.3, -0.25) is 15.7 Å². The molecule has 0 spiro atoms. The highest BCUT2D eigenvalue weighted by atomic mass is 35.5. The van der Waals surface area contributed by atoms with Gasteiger partial charge in [-0.05, 0) is 106 Å². The molecule has 4 N–H and O–H groups in total. The maximum Gasteiger partial charge on any atom is 0.105 e. The van der Waals surface area contributed by atoms with E-state index in [9.17, 15) is 0 Å². The Morgan fingerprint density at radius 2 is 1.67 bits per heavy atom. The molecule has 0 atom stereocenters. The summed E-state index contributed by atoms with van der Waals surface area (Å²) in [5, 5.41) is 28.9. The van der Waals surface area contributed by atoms with Crippen LogP contribution in [0.3, 0.4) is 0 Å². The maximum atomic E-state index is 8.57. The van der Waals surface area contributed by atoms with Gasteiger partial charge in [0, 0.05) is 60.0 Å². The molecule has 0 fully saturated rings. The number of benzene rings is 2. The quantitative estimate of drug-likeness (QED) is 0.0435. The Morgan fingerprint density at radius 1 is 0.980 bits per heavy atom. The number of amidine groups is 2. The molecular formula is C44H55ClN6. The van der Waals surface area contributed by atoms with Gasteiger partial charge in [-0.2, -0.15) is 0 Å². The van der Waals surface area contributed by atoms with Crippen LogP contribution in [0, 0.1) is 28.1 Å². The molecule has 0 bridgehead atoms. The van der Waals surface area contributed by atoms with Gasteiger partial charge >= 0.3 is 0 Å². The highest BCUT2D eigenvalue weighted by molar-refractivity contribution is 6.30. The molecule has 0 saturated carbocycles. The minimum absolute atomic E-state index is 0.248. The second-order valence-corrected chi connectivity index (χ2v) is 12.7. The van der Waals surface area contributed by atoms with E-state index in [2.05, 4.69) is 80.0 Å². The average Bonchev–Trinajstić information content (AvgIpc) is 3.12. The van der Waals surface area contributed by atoms with E-state index in [1.54, 1.807) is 18.0 Å². The molecule has 7 heteroatoms. The lowest BCUT2D eigenvalue weighted by Crippen LogP contribution is -2.33. The van der Waals surface area contributed by atoms with Crippen molar-refractivity contribution in [1.82, 2.24) is 15.1 Å². The van der Waals surface area contributed by atoms with Gasteiger partial charge in [0.15, 0.2) is 0 Å². The summed E-state index contributed by atoms with van der Waals surface area (Å²) in [5.74, 6) is 6.93. The predicted molar refractivity (Wildman–Crippen MR) is 222 cm³/mol. The molecule has 268 valence electrons. The van der Waals surface area contributed by atoms with Crippen molar-refractivity contribution in [3.05, 3.63) is 142 Å². The number of rotatable bonds is 17. The molecule has 0 aliphatic carbocycles. The third-order valence-electron chi connectivity index (χ3n) is 8.68. The normalized spacial score (nSPS) is 12.4. The number of nitrogens with zero attached hydrogens (tertiary/aromatic N) is 2. The smallest absolute Gasteiger partial charge is 0.105 e. The Bertz CT molecular complexity index is 1810. The van der Waals surface area contributed by atoms with E-state index < -0.39 is 0 Å². The summed E-state index contributed by atoms with van der Waals surface area (Å²) < 4.78 is 0. The highest BCUT2D eigenvalue weighted by Crippen LogP contribution is 2.33. The summed E-state index contributed by atoms with van der Waals surface area (Å²) in [5.41, 5.74) is 10.6. The van der Waals surface area contributed by atoms with E-state index in [1.807, 2.05) is 64.2 Å². The standard InChI is InChI=1S/C44H55ClN6/c1-11-38-16-15-17-40(42(38)12-2)21-18-31(5)30-50(14-4)27-26-49-29-37(28-46)20-19-32(6)33(7)44(34(8)39-22-24-41(45)25-23-39)35(9)51(36(10)47)43(48)13-3/h11,14-17,22-25,28-30,46-49H,1,4,8,12-13,18,21,26-27H2,2-3,5-7,9-10H3/b31-30+,33-32+,37-29-,44-35-,46-28?,47-36?,48-43?. The zero-order valence-corrected chi connectivity index (χ0v) is 32.3. The van der Waals surface area contributed by atoms with Crippen molar-refractivity contribution in [2.75, 3.05) is 13.1 Å². The molecule has 0 amide bonds. The predicted octanol–water partition coefficient (Wildman–Crippen LogP) is 11.0. The minimum Gasteiger partial charge on any atom is -0.388 e. The van der Waals surface area contributed by atoms with Crippen molar-refractivity contribution in [2.45, 2.75) is 74.1 Å². The fourth-order valence-corrected chi connectivity index (χ4v) is 5.90. The largest absolute Gasteiger partial charge is 0.388 e. The molecule has 2 aromatic carbocycles. The molecule has 2 rings (SSSR count). The Hall–Kier alpha value is -5.12. The van der Waals surface area contributed by atoms with E-state index in [1.165, 1.54) is 28.5 Å². The molecule has 2 aromatic rings. The van der Waals surface area contributed by atoms with Crippen LogP contribution in [0.1, 0.15) is 83.6 Å². The van der Waals surface area contributed by atoms with Crippen LogP contribution in [-0.2, 0) is 12.8 Å². The van der Waals surface area contributed by atoms with Crippen LogP contribution in [0.5, 0.6) is 0 Å². The van der Waals surface area contributed by atoms with Gasteiger partial charge in [-0.1, -0.05) is 99.0 Å². The van der Waals surface area contributed by atoms with E-state index in [4.69, 9.17) is 27.8 Å². The first-order valence-electron chi connectivity index (χ1n) is 17.3. The lowest BCUT2D eigenvalue weighted by molar-refractivity contribution is 0.496. The van der Waals surface area contributed by atoms with Crippen LogP contribution in [0.15, 0.2) is 114 Å². The minimum atomic E-state index is 0.248. The summed E-state index contributed by atoms with van der Waals surface area (Å²) in [4.78, 5) is 3.71. The van der Waals surface area contributed by atoms with E-state index in [-0.39, 0.29) is 5.84 Å². The number of nitrogens with one attached hydrogen (secondary N) is 4. The van der Waals surface area contributed by atoms with Gasteiger partial charge in [0.25, 0.3) is 0 Å². The Morgan fingerprint density at radius 3 is 2.24 bits per heavy atom. The zero-order valence-electron chi connectivity index (χ0n) is 31.6. The fraction of sp³-hybridized carbons (Fsp3) is 0.295. The van der Waals surface area contributed by atoms with E-state index in [0.29, 0.717) is 35.9 Å². The van der Waals surface area contributed by atoms with Crippen molar-refractivity contribution in [1.29, 1.82) is 16.2 Å². The Labute approximate surface area is 312 Å². The molecule has 0 aliphatic heterocycles. The maximum absolute atomic E-state index is 8.57. The monoisotopic (exact) mass is 702 g/mol. The first-order chi connectivity index (χ1) is 24.3. The number of hydrogen-bond acceptors (Lipinski definition) is 5. The number of hydrogen-bond donors (Lipinski definition) is 4. The molecule has 0 aromatic heterocycles. The van der Waals surface area contributed by atoms with Crippen molar-refractivity contribution in [3.8, 4) is 11.8 Å². The summed E-state index contributed by atoms with van der Waals surface area (Å²) in [6.07, 6.45) is 12.3. The van der Waals surface area contributed by atoms with Crippen LogP contribution in [0.25, 0.3) is 11.6 Å². The molecule has 0 heterocycles. The second kappa shape index (κ2) is 21.2. The van der Waals surface area contributed by atoms with Gasteiger partial charge in [0.2, 0.25) is 0 Å². The van der Waals surface area contributed by atoms with Gasteiger partial charge < -0.3 is 15.6 Å². The van der Waals surface area contributed by atoms with Gasteiger partial charge in [0.1, 0.15) is 11.7 Å². The topological polar surface area (TPSA) is 90.1 Å². The molecule has 0 aliphatic rings. The third kappa shape index (κ3) is 12.3. The zero-order chi connectivity index (χ0) is 38.1. The fourth-order valence-electron chi connectivity index (χ4n) is 5.77. The highest BCUT2D eigenvalue weighted by Gasteiger charge is 2.21. The molecule has 51 heavy (non-hydrogen) atoms. The second-order valence-electron chi connectivity index (χ2n) is 12.3. The third-order valence-corrected chi connectivity index (χ3v) is 8.94. The summed E-state index contributed by atoms with van der Waals surface area (Å²) in [6.45, 7) is 27.5. The number of aryl methyl sites for hydroxylation is 1. The van der Waals surface area contributed by atoms with E-state index in [0.717, 1.165) is 52.8 Å². The summed E-state index contributed by atoms with van der Waals surface area (Å²) in [6, 6.07) is 13.9. The Kier molecular flexibility index (Phi) is 17.5. The first-order valence-corrected chi connectivity index (χ1v) is 17.7. The van der Waals surface area contributed by atoms with Gasteiger partial charge in [0.05, 0.1) is 5.57 Å². The van der Waals surface area contributed by atoms with Crippen molar-refractivity contribution in [2.24, 2.45) is 0 Å². The van der Waals surface area contributed by atoms with Crippen molar-refractivity contribution < 1.29 is 0 Å². The van der Waals surface area contributed by atoms with E-state index >= 15 is 0 Å². The van der Waals surface area contributed by atoms with Crippen molar-refractivity contribution >= 4 is 41.1 Å². The van der Waals surface area contributed by atoms with Crippen LogP contribution in [-0.4, -0.2) is 40.8 Å². The Balaban J connectivity index is 2.26. The molecule has 0 radical (unpaired) electrons.